The Morgan fingerprint density at radius 3 is 2.90 bits per heavy atom. The van der Waals surface area contributed by atoms with Crippen molar-refractivity contribution in [1.82, 2.24) is 10.0 Å². The van der Waals surface area contributed by atoms with Crippen molar-refractivity contribution in [1.29, 1.82) is 0 Å². The maximum absolute atomic E-state index is 13.3. The van der Waals surface area contributed by atoms with Gasteiger partial charge in [-0.25, -0.2) is 17.5 Å². The van der Waals surface area contributed by atoms with Gasteiger partial charge in [-0.05, 0) is 25.1 Å². The van der Waals surface area contributed by atoms with E-state index in [4.69, 9.17) is 4.74 Å². The maximum atomic E-state index is 13.3. The van der Waals surface area contributed by atoms with Gasteiger partial charge in [0.05, 0.1) is 12.0 Å². The molecule has 5 nitrogen and oxygen atoms in total. The molecule has 0 aromatic heterocycles. The molecule has 2 rings (SSSR count). The van der Waals surface area contributed by atoms with E-state index >= 15 is 0 Å². The number of hydrogen-bond acceptors (Lipinski definition) is 4. The van der Waals surface area contributed by atoms with E-state index in [0.29, 0.717) is 0 Å². The van der Waals surface area contributed by atoms with Crippen LogP contribution in [0.5, 0.6) is 5.75 Å². The van der Waals surface area contributed by atoms with E-state index in [9.17, 15) is 12.8 Å². The average molecular weight is 300 g/mol. The predicted octanol–water partition coefficient (Wildman–Crippen LogP) is 1.03. The predicted molar refractivity (Wildman–Crippen MR) is 73.7 cm³/mol. The molecule has 0 fully saturated rings. The molecule has 1 aliphatic heterocycles. The molecule has 0 saturated heterocycles. The van der Waals surface area contributed by atoms with Crippen molar-refractivity contribution in [3.63, 3.8) is 0 Å². The fraction of sp³-hybridized carbons (Fsp3) is 0.385. The molecule has 1 aromatic rings. The topological polar surface area (TPSA) is 67.4 Å². The summed E-state index contributed by atoms with van der Waals surface area (Å²) in [5.74, 6) is -0.679. The third kappa shape index (κ3) is 3.56. The minimum Gasteiger partial charge on any atom is -0.494 e. The standard InChI is InChI=1S/C13H17FN2O3S/c1-19-13-8-11(2-3-12(13)14)20(17,18)16-9-10-4-6-15-7-5-10/h2-4,8,15-16H,5-7,9H2,1H3. The minimum atomic E-state index is -3.67. The van der Waals surface area contributed by atoms with Crippen LogP contribution in [0.15, 0.2) is 34.7 Å². The SMILES string of the molecule is COc1cc(S(=O)(=O)NCC2=CCNCC2)ccc1F. The molecule has 0 atom stereocenters. The molecule has 7 heteroatoms. The molecular weight excluding hydrogens is 283 g/mol. The van der Waals surface area contributed by atoms with Crippen LogP contribution in [0.1, 0.15) is 6.42 Å². The second-order valence-corrected chi connectivity index (χ2v) is 6.20. The molecule has 0 saturated carbocycles. The van der Waals surface area contributed by atoms with Gasteiger partial charge >= 0.3 is 0 Å². The van der Waals surface area contributed by atoms with Gasteiger partial charge in [-0.1, -0.05) is 11.6 Å². The highest BCUT2D eigenvalue weighted by molar-refractivity contribution is 7.89. The van der Waals surface area contributed by atoms with Crippen molar-refractivity contribution in [2.24, 2.45) is 0 Å². The highest BCUT2D eigenvalue weighted by atomic mass is 32.2. The van der Waals surface area contributed by atoms with Crippen LogP contribution in [0.3, 0.4) is 0 Å². The van der Waals surface area contributed by atoms with Crippen LogP contribution in [0, 0.1) is 5.82 Å². The summed E-state index contributed by atoms with van der Waals surface area (Å²) in [6.07, 6.45) is 2.78. The summed E-state index contributed by atoms with van der Waals surface area (Å²) in [4.78, 5) is -0.00900. The fourth-order valence-corrected chi connectivity index (χ4v) is 2.96. The van der Waals surface area contributed by atoms with Gasteiger partial charge in [-0.3, -0.25) is 0 Å². The van der Waals surface area contributed by atoms with E-state index in [2.05, 4.69) is 10.0 Å². The molecular formula is C13H17FN2O3S. The number of methoxy groups -OCH3 is 1. The van der Waals surface area contributed by atoms with Crippen LogP contribution in [0.2, 0.25) is 0 Å². The molecule has 1 heterocycles. The number of hydrogen-bond donors (Lipinski definition) is 2. The van der Waals surface area contributed by atoms with Gasteiger partial charge in [0.1, 0.15) is 0 Å². The largest absolute Gasteiger partial charge is 0.494 e. The molecule has 20 heavy (non-hydrogen) atoms. The average Bonchev–Trinajstić information content (AvgIpc) is 2.46. The van der Waals surface area contributed by atoms with Crippen LogP contribution in [0.25, 0.3) is 0 Å². The van der Waals surface area contributed by atoms with Gasteiger partial charge in [0, 0.05) is 19.2 Å². The van der Waals surface area contributed by atoms with Gasteiger partial charge in [0.25, 0.3) is 0 Å². The molecule has 110 valence electrons. The Kier molecular flexibility index (Phi) is 4.74. The number of sulfonamides is 1. The first-order valence-electron chi connectivity index (χ1n) is 6.25. The molecule has 0 aliphatic carbocycles. The van der Waals surface area contributed by atoms with Crippen LogP contribution in [-0.4, -0.2) is 35.2 Å². The normalized spacial score (nSPS) is 15.8. The van der Waals surface area contributed by atoms with Gasteiger partial charge in [-0.2, -0.15) is 0 Å². The molecule has 2 N–H and O–H groups in total. The fourth-order valence-electron chi connectivity index (χ4n) is 1.91. The summed E-state index contributed by atoms with van der Waals surface area (Å²) >= 11 is 0. The number of nitrogens with one attached hydrogen (secondary N) is 2. The summed E-state index contributed by atoms with van der Waals surface area (Å²) in [5.41, 5.74) is 1.04. The Labute approximate surface area is 117 Å². The lowest BCUT2D eigenvalue weighted by molar-refractivity contribution is 0.385. The molecule has 0 bridgehead atoms. The highest BCUT2D eigenvalue weighted by Gasteiger charge is 2.17. The van der Waals surface area contributed by atoms with Crippen LogP contribution >= 0.6 is 0 Å². The van der Waals surface area contributed by atoms with Crippen molar-refractivity contribution in [2.45, 2.75) is 11.3 Å². The highest BCUT2D eigenvalue weighted by Crippen LogP contribution is 2.21. The number of benzene rings is 1. The monoisotopic (exact) mass is 300 g/mol. The van der Waals surface area contributed by atoms with Crippen molar-refractivity contribution in [2.75, 3.05) is 26.7 Å². The van der Waals surface area contributed by atoms with E-state index in [1.54, 1.807) is 0 Å². The first-order chi connectivity index (χ1) is 9.53. The Bertz CT molecular complexity index is 614. The summed E-state index contributed by atoms with van der Waals surface area (Å²) in [6, 6.07) is 3.47. The first kappa shape index (κ1) is 15.0. The zero-order chi connectivity index (χ0) is 14.6. The number of rotatable bonds is 5. The van der Waals surface area contributed by atoms with Crippen molar-refractivity contribution in [3.8, 4) is 5.75 Å². The van der Waals surface area contributed by atoms with E-state index in [0.717, 1.165) is 31.1 Å². The lowest BCUT2D eigenvalue weighted by Crippen LogP contribution is -2.29. The number of halogens is 1. The Morgan fingerprint density at radius 1 is 1.45 bits per heavy atom. The summed E-state index contributed by atoms with van der Waals surface area (Å²) < 4.78 is 44.8. The lowest BCUT2D eigenvalue weighted by atomic mass is 10.1. The van der Waals surface area contributed by atoms with Crippen LogP contribution in [0.4, 0.5) is 4.39 Å². The molecule has 0 radical (unpaired) electrons. The zero-order valence-electron chi connectivity index (χ0n) is 11.1. The van der Waals surface area contributed by atoms with E-state index in [1.807, 2.05) is 6.08 Å². The third-order valence-corrected chi connectivity index (χ3v) is 4.48. The van der Waals surface area contributed by atoms with Crippen molar-refractivity contribution >= 4 is 10.0 Å². The number of ether oxygens (including phenoxy) is 1. The summed E-state index contributed by atoms with van der Waals surface area (Å²) in [6.45, 7) is 1.86. The quantitative estimate of drug-likeness (QED) is 0.797. The van der Waals surface area contributed by atoms with Gasteiger partial charge < -0.3 is 10.1 Å². The molecule has 0 unspecified atom stereocenters. The summed E-state index contributed by atoms with van der Waals surface area (Å²) in [5, 5.41) is 3.15. The Morgan fingerprint density at radius 2 is 2.25 bits per heavy atom. The second-order valence-electron chi connectivity index (χ2n) is 4.44. The Balaban J connectivity index is 2.11. The van der Waals surface area contributed by atoms with Crippen molar-refractivity contribution < 1.29 is 17.5 Å². The second kappa shape index (κ2) is 6.34. The van der Waals surface area contributed by atoms with Crippen LogP contribution in [-0.2, 0) is 10.0 Å². The Hall–Kier alpha value is -1.44. The van der Waals surface area contributed by atoms with E-state index in [1.165, 1.54) is 19.2 Å². The molecule has 0 amide bonds. The first-order valence-corrected chi connectivity index (χ1v) is 7.73. The van der Waals surface area contributed by atoms with Crippen molar-refractivity contribution in [3.05, 3.63) is 35.7 Å². The molecule has 1 aliphatic rings. The third-order valence-electron chi connectivity index (χ3n) is 3.08. The van der Waals surface area contributed by atoms with Gasteiger partial charge in [0.2, 0.25) is 10.0 Å². The van der Waals surface area contributed by atoms with Gasteiger partial charge in [-0.15, -0.1) is 0 Å². The van der Waals surface area contributed by atoms with Gasteiger partial charge in [0.15, 0.2) is 11.6 Å². The van der Waals surface area contributed by atoms with Crippen LogP contribution < -0.4 is 14.8 Å². The van der Waals surface area contributed by atoms with E-state index in [-0.39, 0.29) is 17.2 Å². The lowest BCUT2D eigenvalue weighted by Gasteiger charge is -2.15. The molecule has 0 spiro atoms. The zero-order valence-corrected chi connectivity index (χ0v) is 12.0. The summed E-state index contributed by atoms with van der Waals surface area (Å²) in [7, 11) is -2.37. The molecule has 1 aromatic carbocycles. The maximum Gasteiger partial charge on any atom is 0.240 e. The minimum absolute atomic E-state index is 0.00900. The smallest absolute Gasteiger partial charge is 0.240 e. The van der Waals surface area contributed by atoms with E-state index < -0.39 is 15.8 Å².